The van der Waals surface area contributed by atoms with Gasteiger partial charge in [-0.1, -0.05) is 189 Å². The Bertz CT molecular complexity index is 1720. The maximum absolute atomic E-state index is 5.97. The highest BCUT2D eigenvalue weighted by atomic mass is 32.2. The number of nitrogens with one attached hydrogen (secondary N) is 1. The van der Waals surface area contributed by atoms with Crippen LogP contribution < -0.4 is 4.13 Å². The fourth-order valence-corrected chi connectivity index (χ4v) is 11.3. The van der Waals surface area contributed by atoms with Crippen LogP contribution in [0.1, 0.15) is 126 Å². The zero-order valence-electron chi connectivity index (χ0n) is 32.5. The molecule has 0 saturated carbocycles. The highest BCUT2D eigenvalue weighted by Crippen LogP contribution is 2.50. The minimum atomic E-state index is 0.250. The third-order valence-corrected chi connectivity index (χ3v) is 14.6. The van der Waals surface area contributed by atoms with Crippen LogP contribution in [-0.2, 0) is 16.8 Å². The number of hydrogen-bond acceptors (Lipinski definition) is 6. The normalized spacial score (nSPS) is 15.1. The van der Waals surface area contributed by atoms with Gasteiger partial charge in [-0.25, -0.2) is 0 Å². The summed E-state index contributed by atoms with van der Waals surface area (Å²) < 4.78 is 9.33. The fourth-order valence-electron chi connectivity index (χ4n) is 6.63. The number of thioether (sulfide) groups is 2. The molecule has 0 saturated heterocycles. The van der Waals surface area contributed by atoms with Crippen molar-refractivity contribution < 1.29 is 4.74 Å². The molecule has 6 rings (SSSR count). The van der Waals surface area contributed by atoms with Gasteiger partial charge in [-0.2, -0.15) is 4.13 Å². The van der Waals surface area contributed by atoms with Gasteiger partial charge in [0.2, 0.25) is 0 Å². The molecule has 1 atom stereocenters. The second-order valence-electron chi connectivity index (χ2n) is 14.8. The monoisotopic (exact) mass is 781 g/mol. The lowest BCUT2D eigenvalue weighted by Gasteiger charge is -2.25. The molecule has 1 N–H and O–H groups in total. The molecule has 282 valence electrons. The van der Waals surface area contributed by atoms with Crippen molar-refractivity contribution in [2.75, 3.05) is 11.7 Å². The average molecular weight is 782 g/mol. The van der Waals surface area contributed by atoms with E-state index < -0.39 is 0 Å². The maximum atomic E-state index is 5.97. The van der Waals surface area contributed by atoms with Gasteiger partial charge in [0.1, 0.15) is 0 Å². The van der Waals surface area contributed by atoms with Crippen molar-refractivity contribution in [3.63, 3.8) is 0 Å². The van der Waals surface area contributed by atoms with Crippen LogP contribution in [0.2, 0.25) is 0 Å². The molecule has 0 spiro atoms. The van der Waals surface area contributed by atoms with Crippen molar-refractivity contribution in [1.29, 1.82) is 0 Å². The van der Waals surface area contributed by atoms with Crippen molar-refractivity contribution in [2.45, 2.75) is 104 Å². The molecule has 6 heteroatoms. The second-order valence-corrected chi connectivity index (χ2v) is 19.1. The van der Waals surface area contributed by atoms with E-state index in [4.69, 9.17) is 4.74 Å². The van der Waals surface area contributed by atoms with Crippen molar-refractivity contribution in [3.8, 4) is 0 Å². The maximum Gasteiger partial charge on any atom is 0.0717 e. The van der Waals surface area contributed by atoms with Crippen LogP contribution in [-0.4, -0.2) is 11.7 Å². The SMILES string of the molecule is CCCCCC(C)(C)c1ccc(C2=C(c3ccccc3)SNS2)cc1.CCCCCCC(C)COCc1ccc(C2=C(c3ccccc3)SCS2)cc1. The minimum Gasteiger partial charge on any atom is -0.376 e. The first-order chi connectivity index (χ1) is 25.9. The third-order valence-electron chi connectivity index (χ3n) is 9.95. The first-order valence-corrected chi connectivity index (χ1v) is 23.2. The van der Waals surface area contributed by atoms with E-state index >= 15 is 0 Å². The second kappa shape index (κ2) is 22.3. The summed E-state index contributed by atoms with van der Waals surface area (Å²) in [6.07, 6.45) is 11.8. The molecule has 2 heterocycles. The smallest absolute Gasteiger partial charge is 0.0717 e. The van der Waals surface area contributed by atoms with Gasteiger partial charge in [-0.05, 0) is 81.5 Å². The van der Waals surface area contributed by atoms with Crippen molar-refractivity contribution in [2.24, 2.45) is 5.92 Å². The lowest BCUT2D eigenvalue weighted by atomic mass is 9.80. The molecular formula is C47H59NOS4. The largest absolute Gasteiger partial charge is 0.376 e. The Morgan fingerprint density at radius 1 is 0.604 bits per heavy atom. The Kier molecular flexibility index (Phi) is 17.6. The molecule has 2 aliphatic heterocycles. The van der Waals surface area contributed by atoms with Gasteiger partial charge in [-0.3, -0.25) is 0 Å². The Hall–Kier alpha value is -2.32. The van der Waals surface area contributed by atoms with Gasteiger partial charge in [-0.15, -0.1) is 23.5 Å². The zero-order chi connectivity index (χ0) is 37.3. The molecule has 0 radical (unpaired) electrons. The number of rotatable bonds is 18. The number of hydrogen-bond donors (Lipinski definition) is 1. The Balaban J connectivity index is 0.000000206. The highest BCUT2D eigenvalue weighted by molar-refractivity contribution is 8.28. The van der Waals surface area contributed by atoms with Gasteiger partial charge in [0.05, 0.1) is 6.61 Å². The molecule has 4 aromatic rings. The van der Waals surface area contributed by atoms with Crippen molar-refractivity contribution >= 4 is 67.0 Å². The predicted molar refractivity (Wildman–Crippen MR) is 243 cm³/mol. The molecule has 0 aliphatic carbocycles. The molecular weight excluding hydrogens is 723 g/mol. The first kappa shape index (κ1) is 41.8. The van der Waals surface area contributed by atoms with Gasteiger partial charge in [0.15, 0.2) is 0 Å². The summed E-state index contributed by atoms with van der Waals surface area (Å²) in [6.45, 7) is 13.2. The van der Waals surface area contributed by atoms with Crippen LogP contribution in [0.3, 0.4) is 0 Å². The molecule has 0 bridgehead atoms. The number of benzene rings is 4. The van der Waals surface area contributed by atoms with E-state index in [1.165, 1.54) is 111 Å². The fraction of sp³-hybridized carbons (Fsp3) is 0.404. The molecule has 2 nitrogen and oxygen atoms in total. The zero-order valence-corrected chi connectivity index (χ0v) is 35.8. The molecule has 1 unspecified atom stereocenters. The van der Waals surface area contributed by atoms with Crippen LogP contribution in [0.4, 0.5) is 0 Å². The first-order valence-electron chi connectivity index (χ1n) is 19.6. The van der Waals surface area contributed by atoms with Crippen molar-refractivity contribution in [1.82, 2.24) is 4.13 Å². The summed E-state index contributed by atoms with van der Waals surface area (Å²) in [5.74, 6) is 0.654. The lowest BCUT2D eigenvalue weighted by molar-refractivity contribution is 0.0887. The predicted octanol–water partition coefficient (Wildman–Crippen LogP) is 15.3. The van der Waals surface area contributed by atoms with Crippen LogP contribution in [0.25, 0.3) is 19.6 Å². The molecule has 0 aromatic heterocycles. The van der Waals surface area contributed by atoms with E-state index in [-0.39, 0.29) is 5.41 Å². The van der Waals surface area contributed by atoms with Gasteiger partial charge < -0.3 is 4.74 Å². The summed E-state index contributed by atoms with van der Waals surface area (Å²) in [6, 6.07) is 39.5. The van der Waals surface area contributed by atoms with Crippen LogP contribution in [0, 0.1) is 5.92 Å². The number of unbranched alkanes of at least 4 members (excludes halogenated alkanes) is 5. The van der Waals surface area contributed by atoms with Crippen LogP contribution >= 0.6 is 47.4 Å². The van der Waals surface area contributed by atoms with Crippen LogP contribution in [0.15, 0.2) is 109 Å². The minimum absolute atomic E-state index is 0.250. The molecule has 2 aliphatic rings. The van der Waals surface area contributed by atoms with E-state index in [1.54, 1.807) is 23.9 Å². The summed E-state index contributed by atoms with van der Waals surface area (Å²) in [4.78, 5) is 5.46. The topological polar surface area (TPSA) is 21.3 Å². The average Bonchev–Trinajstić information content (AvgIpc) is 3.89. The van der Waals surface area contributed by atoms with Gasteiger partial charge in [0, 0.05) is 31.3 Å². The van der Waals surface area contributed by atoms with E-state index in [9.17, 15) is 0 Å². The summed E-state index contributed by atoms with van der Waals surface area (Å²) >= 11 is 7.33. The van der Waals surface area contributed by atoms with Crippen LogP contribution in [0.5, 0.6) is 0 Å². The van der Waals surface area contributed by atoms with Gasteiger partial charge in [0.25, 0.3) is 0 Å². The van der Waals surface area contributed by atoms with E-state index in [1.807, 2.05) is 23.5 Å². The van der Waals surface area contributed by atoms with E-state index in [0.717, 1.165) is 11.7 Å². The quantitative estimate of drug-likeness (QED) is 0.0796. The summed E-state index contributed by atoms with van der Waals surface area (Å²) in [5, 5.41) is 1.10. The number of ether oxygens (including phenoxy) is 1. The standard InChI is InChI=1S/C25H32OS2.C22H27NS2/c1-3-4-5-7-10-20(2)17-26-18-21-13-15-23(16-14-21)25-24(27-19-28-25)22-11-8-6-9-12-22;1-4-5-9-16-22(2,3)19-14-12-18(13-15-19)21-20(24-23-25-21)17-10-7-6-8-11-17/h6,8-9,11-16,20H,3-5,7,10,17-19H2,1-2H3;6-8,10-15,23H,4-5,9,16H2,1-3H3. The Labute approximate surface area is 338 Å². The molecule has 0 fully saturated rings. The highest BCUT2D eigenvalue weighted by Gasteiger charge is 2.23. The molecule has 0 amide bonds. The van der Waals surface area contributed by atoms with Crippen molar-refractivity contribution in [3.05, 3.63) is 143 Å². The summed E-state index contributed by atoms with van der Waals surface area (Å²) in [5.41, 5.74) is 8.19. The third kappa shape index (κ3) is 12.9. The summed E-state index contributed by atoms with van der Waals surface area (Å²) in [7, 11) is 0. The van der Waals surface area contributed by atoms with E-state index in [0.29, 0.717) is 12.5 Å². The molecule has 4 aromatic carbocycles. The van der Waals surface area contributed by atoms with E-state index in [2.05, 4.69) is 148 Å². The Morgan fingerprint density at radius 2 is 1.11 bits per heavy atom. The Morgan fingerprint density at radius 3 is 1.70 bits per heavy atom. The van der Waals surface area contributed by atoms with Gasteiger partial charge >= 0.3 is 0 Å². The lowest BCUT2D eigenvalue weighted by Crippen LogP contribution is -2.16. The molecule has 53 heavy (non-hydrogen) atoms.